The van der Waals surface area contributed by atoms with Crippen LogP contribution in [-0.4, -0.2) is 5.91 Å². The van der Waals surface area contributed by atoms with Crippen molar-refractivity contribution < 1.29 is 13.6 Å². The molecule has 2 rings (SSSR count). The van der Waals surface area contributed by atoms with E-state index in [4.69, 9.17) is 11.6 Å². The van der Waals surface area contributed by atoms with Crippen LogP contribution in [0.3, 0.4) is 0 Å². The fourth-order valence-electron chi connectivity index (χ4n) is 1.93. The van der Waals surface area contributed by atoms with Gasteiger partial charge in [-0.3, -0.25) is 4.79 Å². The van der Waals surface area contributed by atoms with Gasteiger partial charge >= 0.3 is 0 Å². The highest BCUT2D eigenvalue weighted by atomic mass is 79.9. The van der Waals surface area contributed by atoms with Gasteiger partial charge in [0.1, 0.15) is 17.2 Å². The lowest BCUT2D eigenvalue weighted by atomic mass is 10.1. The van der Waals surface area contributed by atoms with Gasteiger partial charge in [0.25, 0.3) is 5.91 Å². The Bertz CT molecular complexity index is 670. The van der Waals surface area contributed by atoms with Crippen molar-refractivity contribution in [3.8, 4) is 0 Å². The maximum Gasteiger partial charge on any atom is 0.257 e. The highest BCUT2D eigenvalue weighted by Gasteiger charge is 2.21. The van der Waals surface area contributed by atoms with Gasteiger partial charge in [0, 0.05) is 9.50 Å². The molecule has 21 heavy (non-hydrogen) atoms. The van der Waals surface area contributed by atoms with Gasteiger partial charge in [-0.15, -0.1) is 0 Å². The molecule has 0 fully saturated rings. The van der Waals surface area contributed by atoms with Crippen LogP contribution in [0.25, 0.3) is 0 Å². The summed E-state index contributed by atoms with van der Waals surface area (Å²) in [5.74, 6) is -2.68. The van der Waals surface area contributed by atoms with Gasteiger partial charge in [0.15, 0.2) is 0 Å². The van der Waals surface area contributed by atoms with Gasteiger partial charge in [-0.05, 0) is 30.7 Å². The first-order valence-electron chi connectivity index (χ1n) is 6.10. The summed E-state index contributed by atoms with van der Waals surface area (Å²) in [6.45, 7) is 1.69. The molecule has 1 atom stereocenters. The predicted octanol–water partition coefficient (Wildman–Crippen LogP) is 4.87. The van der Waals surface area contributed by atoms with Crippen molar-refractivity contribution in [3.05, 3.63) is 68.7 Å². The van der Waals surface area contributed by atoms with E-state index in [-0.39, 0.29) is 4.47 Å². The minimum absolute atomic E-state index is 0.230. The van der Waals surface area contributed by atoms with Gasteiger partial charge < -0.3 is 5.32 Å². The van der Waals surface area contributed by atoms with Crippen LogP contribution in [0.1, 0.15) is 28.9 Å². The molecule has 1 N–H and O–H groups in total. The van der Waals surface area contributed by atoms with Gasteiger partial charge in [-0.25, -0.2) is 8.78 Å². The molecule has 0 spiro atoms. The molecule has 2 nitrogen and oxygen atoms in total. The summed E-state index contributed by atoms with van der Waals surface area (Å²) in [6.07, 6.45) is 0. The first kappa shape index (κ1) is 15.9. The van der Waals surface area contributed by atoms with Crippen molar-refractivity contribution in [2.45, 2.75) is 13.0 Å². The van der Waals surface area contributed by atoms with E-state index in [0.717, 1.165) is 12.1 Å². The van der Waals surface area contributed by atoms with Gasteiger partial charge in [-0.1, -0.05) is 45.7 Å². The second-order valence-corrected chi connectivity index (χ2v) is 5.78. The topological polar surface area (TPSA) is 29.1 Å². The van der Waals surface area contributed by atoms with Gasteiger partial charge in [0.05, 0.1) is 6.04 Å². The third kappa shape index (κ3) is 3.60. The maximum atomic E-state index is 13.7. The minimum atomic E-state index is -0.925. The molecule has 2 aromatic carbocycles. The predicted molar refractivity (Wildman–Crippen MR) is 81.4 cm³/mol. The zero-order valence-corrected chi connectivity index (χ0v) is 13.3. The van der Waals surface area contributed by atoms with Crippen LogP contribution in [0.2, 0.25) is 5.02 Å². The van der Waals surface area contributed by atoms with Crippen LogP contribution >= 0.6 is 27.5 Å². The highest BCUT2D eigenvalue weighted by molar-refractivity contribution is 9.10. The second kappa shape index (κ2) is 6.54. The quantitative estimate of drug-likeness (QED) is 0.816. The number of benzene rings is 2. The third-order valence-corrected chi connectivity index (χ3v) is 3.76. The lowest BCUT2D eigenvalue weighted by molar-refractivity contribution is 0.0931. The Morgan fingerprint density at radius 2 is 1.81 bits per heavy atom. The largest absolute Gasteiger partial charge is 0.345 e. The summed E-state index contributed by atoms with van der Waals surface area (Å²) in [4.78, 5) is 12.0. The van der Waals surface area contributed by atoms with Crippen LogP contribution in [0.15, 0.2) is 40.9 Å². The monoisotopic (exact) mass is 373 g/mol. The number of hydrogen-bond donors (Lipinski definition) is 1. The Hall–Kier alpha value is -1.46. The summed E-state index contributed by atoms with van der Waals surface area (Å²) in [5, 5.41) is 3.01. The standard InChI is InChI=1S/C15H11BrClF2NO/c1-8(10-4-2-3-5-11(10)17)20-15(21)14-12(18)6-9(16)7-13(14)19/h2-8H,1H3,(H,20,21). The molecule has 0 radical (unpaired) electrons. The van der Waals surface area contributed by atoms with Crippen molar-refractivity contribution in [2.75, 3.05) is 0 Å². The first-order valence-corrected chi connectivity index (χ1v) is 7.27. The molecule has 1 unspecified atom stereocenters. The number of carbonyl (C=O) groups is 1. The Labute approximate surface area is 134 Å². The van der Waals surface area contributed by atoms with Crippen LogP contribution in [0.4, 0.5) is 8.78 Å². The van der Waals surface area contributed by atoms with E-state index in [1.165, 1.54) is 0 Å². The van der Waals surface area contributed by atoms with E-state index < -0.39 is 29.1 Å². The van der Waals surface area contributed by atoms with Crippen molar-refractivity contribution in [1.82, 2.24) is 5.32 Å². The van der Waals surface area contributed by atoms with Crippen molar-refractivity contribution in [2.24, 2.45) is 0 Å². The molecular weight excluding hydrogens is 364 g/mol. The Morgan fingerprint density at radius 1 is 1.24 bits per heavy atom. The van der Waals surface area contributed by atoms with Crippen molar-refractivity contribution >= 4 is 33.4 Å². The van der Waals surface area contributed by atoms with E-state index in [2.05, 4.69) is 21.2 Å². The summed E-state index contributed by atoms with van der Waals surface area (Å²) in [5.41, 5.74) is 0.0579. The van der Waals surface area contributed by atoms with Crippen LogP contribution in [-0.2, 0) is 0 Å². The van der Waals surface area contributed by atoms with E-state index in [9.17, 15) is 13.6 Å². The van der Waals surface area contributed by atoms with E-state index in [1.807, 2.05) is 0 Å². The Kier molecular flexibility index (Phi) is 4.96. The van der Waals surface area contributed by atoms with Crippen LogP contribution in [0, 0.1) is 11.6 Å². The van der Waals surface area contributed by atoms with Crippen molar-refractivity contribution in [3.63, 3.8) is 0 Å². The van der Waals surface area contributed by atoms with E-state index in [0.29, 0.717) is 10.6 Å². The van der Waals surface area contributed by atoms with Crippen LogP contribution < -0.4 is 5.32 Å². The summed E-state index contributed by atoms with van der Waals surface area (Å²) < 4.78 is 27.7. The summed E-state index contributed by atoms with van der Waals surface area (Å²) >= 11 is 8.99. The molecule has 0 aliphatic heterocycles. The number of halogens is 4. The number of amides is 1. The average molecular weight is 375 g/mol. The van der Waals surface area contributed by atoms with Crippen molar-refractivity contribution in [1.29, 1.82) is 0 Å². The Morgan fingerprint density at radius 3 is 2.38 bits per heavy atom. The molecule has 0 aliphatic rings. The molecule has 0 saturated carbocycles. The molecule has 0 bridgehead atoms. The normalized spacial score (nSPS) is 12.0. The summed E-state index contributed by atoms with van der Waals surface area (Å²) in [7, 11) is 0. The van der Waals surface area contributed by atoms with Gasteiger partial charge in [0.2, 0.25) is 0 Å². The van der Waals surface area contributed by atoms with Gasteiger partial charge in [-0.2, -0.15) is 0 Å². The smallest absolute Gasteiger partial charge is 0.257 e. The van der Waals surface area contributed by atoms with E-state index >= 15 is 0 Å². The molecule has 0 aromatic heterocycles. The fourth-order valence-corrected chi connectivity index (χ4v) is 2.63. The number of rotatable bonds is 3. The number of nitrogens with one attached hydrogen (secondary N) is 1. The number of carbonyl (C=O) groups excluding carboxylic acids is 1. The minimum Gasteiger partial charge on any atom is -0.345 e. The van der Waals surface area contributed by atoms with Crippen LogP contribution in [0.5, 0.6) is 0 Å². The molecule has 0 heterocycles. The SMILES string of the molecule is CC(NC(=O)c1c(F)cc(Br)cc1F)c1ccccc1Cl. The average Bonchev–Trinajstić information content (AvgIpc) is 2.37. The second-order valence-electron chi connectivity index (χ2n) is 4.46. The lowest BCUT2D eigenvalue weighted by Gasteiger charge is -2.16. The molecule has 110 valence electrons. The highest BCUT2D eigenvalue weighted by Crippen LogP contribution is 2.24. The lowest BCUT2D eigenvalue weighted by Crippen LogP contribution is -2.28. The molecule has 2 aromatic rings. The zero-order chi connectivity index (χ0) is 15.6. The fraction of sp³-hybridized carbons (Fsp3) is 0.133. The summed E-state index contributed by atoms with van der Waals surface area (Å²) in [6, 6.07) is 8.55. The third-order valence-electron chi connectivity index (χ3n) is 2.95. The molecule has 6 heteroatoms. The maximum absolute atomic E-state index is 13.7. The Balaban J connectivity index is 2.25. The first-order chi connectivity index (χ1) is 9.90. The molecule has 0 saturated heterocycles. The number of hydrogen-bond acceptors (Lipinski definition) is 1. The van der Waals surface area contributed by atoms with E-state index in [1.54, 1.807) is 31.2 Å². The molecule has 1 amide bonds. The molecular formula is C15H11BrClF2NO. The molecule has 0 aliphatic carbocycles. The zero-order valence-electron chi connectivity index (χ0n) is 11.0.